The molecule has 6 nitrogen and oxygen atoms in total. The van der Waals surface area contributed by atoms with Gasteiger partial charge in [0.15, 0.2) is 0 Å². The van der Waals surface area contributed by atoms with Crippen molar-refractivity contribution in [3.05, 3.63) is 11.6 Å². The van der Waals surface area contributed by atoms with E-state index in [-0.39, 0.29) is 11.1 Å². The van der Waals surface area contributed by atoms with Crippen LogP contribution in [0.4, 0.5) is 4.79 Å². The van der Waals surface area contributed by atoms with E-state index in [4.69, 9.17) is 0 Å². The smallest absolute Gasteiger partial charge is 0.308 e. The lowest BCUT2D eigenvalue weighted by atomic mass is 9.83. The fourth-order valence-electron chi connectivity index (χ4n) is 2.73. The van der Waals surface area contributed by atoms with E-state index in [0.717, 1.165) is 38.6 Å². The molecule has 2 fully saturated rings. The van der Waals surface area contributed by atoms with Crippen molar-refractivity contribution in [2.75, 3.05) is 6.54 Å². The molecule has 0 radical (unpaired) electrons. The van der Waals surface area contributed by atoms with Crippen LogP contribution in [-0.2, 0) is 9.59 Å². The van der Waals surface area contributed by atoms with Crippen LogP contribution in [0, 0.1) is 0 Å². The molecule has 19 heavy (non-hydrogen) atoms. The number of barbiturate groups is 1. The first-order chi connectivity index (χ1) is 9.06. The molecule has 3 N–H and O–H groups in total. The Hall–Kier alpha value is -1.69. The SMILES string of the molecule is CCCC1(C=C2C(=O)NC(=O)NC2=O)CCCCN1. The summed E-state index contributed by atoms with van der Waals surface area (Å²) in [4.78, 5) is 34.5. The van der Waals surface area contributed by atoms with Gasteiger partial charge < -0.3 is 5.32 Å². The maximum absolute atomic E-state index is 11.7. The minimum atomic E-state index is -0.756. The molecule has 0 aliphatic carbocycles. The average Bonchev–Trinajstić information content (AvgIpc) is 2.35. The van der Waals surface area contributed by atoms with Gasteiger partial charge in [0.25, 0.3) is 11.8 Å². The summed E-state index contributed by atoms with van der Waals surface area (Å²) in [7, 11) is 0. The van der Waals surface area contributed by atoms with Gasteiger partial charge in [-0.25, -0.2) is 4.79 Å². The fourth-order valence-corrected chi connectivity index (χ4v) is 2.73. The summed E-state index contributed by atoms with van der Waals surface area (Å²) < 4.78 is 0. The second-order valence-corrected chi connectivity index (χ2v) is 5.09. The van der Waals surface area contributed by atoms with Gasteiger partial charge >= 0.3 is 6.03 Å². The van der Waals surface area contributed by atoms with Crippen molar-refractivity contribution >= 4 is 17.8 Å². The van der Waals surface area contributed by atoms with Gasteiger partial charge in [-0.3, -0.25) is 20.2 Å². The first-order valence-corrected chi connectivity index (χ1v) is 6.71. The number of nitrogens with one attached hydrogen (secondary N) is 3. The lowest BCUT2D eigenvalue weighted by molar-refractivity contribution is -0.124. The Morgan fingerprint density at radius 1 is 1.16 bits per heavy atom. The number of amides is 4. The van der Waals surface area contributed by atoms with E-state index in [0.29, 0.717) is 0 Å². The van der Waals surface area contributed by atoms with Crippen molar-refractivity contribution in [1.82, 2.24) is 16.0 Å². The number of imide groups is 2. The van der Waals surface area contributed by atoms with E-state index in [1.807, 2.05) is 0 Å². The van der Waals surface area contributed by atoms with Gasteiger partial charge in [-0.15, -0.1) is 0 Å². The van der Waals surface area contributed by atoms with E-state index in [2.05, 4.69) is 22.9 Å². The van der Waals surface area contributed by atoms with Crippen molar-refractivity contribution < 1.29 is 14.4 Å². The highest BCUT2D eigenvalue weighted by molar-refractivity contribution is 6.28. The largest absolute Gasteiger partial charge is 0.328 e. The molecule has 0 aromatic heterocycles. The second kappa shape index (κ2) is 5.52. The van der Waals surface area contributed by atoms with E-state index in [9.17, 15) is 14.4 Å². The molecule has 2 aliphatic rings. The summed E-state index contributed by atoms with van der Waals surface area (Å²) in [5, 5.41) is 7.62. The monoisotopic (exact) mass is 265 g/mol. The summed E-state index contributed by atoms with van der Waals surface area (Å²) >= 11 is 0. The summed E-state index contributed by atoms with van der Waals surface area (Å²) in [6.07, 6.45) is 6.60. The molecule has 2 aliphatic heterocycles. The molecule has 0 spiro atoms. The van der Waals surface area contributed by atoms with Crippen LogP contribution in [-0.4, -0.2) is 29.9 Å². The molecule has 2 saturated heterocycles. The Bertz CT molecular complexity index is 409. The Balaban J connectivity index is 2.27. The van der Waals surface area contributed by atoms with Crippen molar-refractivity contribution in [2.45, 2.75) is 44.6 Å². The van der Waals surface area contributed by atoms with Crippen LogP contribution in [0.15, 0.2) is 11.6 Å². The topological polar surface area (TPSA) is 87.3 Å². The standard InChI is InChI=1S/C13H19N3O3/c1-2-5-13(6-3-4-7-14-13)8-9-10(17)15-12(19)16-11(9)18/h8,14H,2-7H2,1H3,(H2,15,16,17,18,19). The van der Waals surface area contributed by atoms with Crippen LogP contribution in [0.5, 0.6) is 0 Å². The number of piperidine rings is 1. The number of hydrogen-bond donors (Lipinski definition) is 3. The molecule has 104 valence electrons. The minimum absolute atomic E-state index is 0.0300. The fraction of sp³-hybridized carbons (Fsp3) is 0.615. The molecule has 0 bridgehead atoms. The van der Waals surface area contributed by atoms with E-state index < -0.39 is 17.8 Å². The van der Waals surface area contributed by atoms with E-state index in [1.54, 1.807) is 6.08 Å². The minimum Gasteiger partial charge on any atom is -0.308 e. The van der Waals surface area contributed by atoms with Gasteiger partial charge in [0.2, 0.25) is 0 Å². The highest BCUT2D eigenvalue weighted by atomic mass is 16.2. The molecule has 4 amide bonds. The third-order valence-electron chi connectivity index (χ3n) is 3.59. The number of urea groups is 1. The van der Waals surface area contributed by atoms with E-state index >= 15 is 0 Å². The molecule has 0 aromatic rings. The van der Waals surface area contributed by atoms with Gasteiger partial charge in [0.1, 0.15) is 5.57 Å². The third kappa shape index (κ3) is 3.01. The van der Waals surface area contributed by atoms with Crippen molar-refractivity contribution in [3.63, 3.8) is 0 Å². The Labute approximate surface area is 112 Å². The molecule has 0 aromatic carbocycles. The highest BCUT2D eigenvalue weighted by Gasteiger charge is 2.34. The van der Waals surface area contributed by atoms with Crippen molar-refractivity contribution in [2.24, 2.45) is 0 Å². The first-order valence-electron chi connectivity index (χ1n) is 6.71. The number of carbonyl (C=O) groups is 3. The lowest BCUT2D eigenvalue weighted by Gasteiger charge is -2.36. The van der Waals surface area contributed by atoms with E-state index in [1.165, 1.54) is 0 Å². The van der Waals surface area contributed by atoms with Gasteiger partial charge in [-0.2, -0.15) is 0 Å². The summed E-state index contributed by atoms with van der Waals surface area (Å²) in [6.45, 7) is 2.95. The van der Waals surface area contributed by atoms with Crippen LogP contribution in [0.3, 0.4) is 0 Å². The predicted molar refractivity (Wildman–Crippen MR) is 69.3 cm³/mol. The van der Waals surface area contributed by atoms with Crippen molar-refractivity contribution in [1.29, 1.82) is 0 Å². The Morgan fingerprint density at radius 3 is 2.37 bits per heavy atom. The summed E-state index contributed by atoms with van der Waals surface area (Å²) in [6, 6.07) is -0.756. The average molecular weight is 265 g/mol. The Kier molecular flexibility index (Phi) is 3.99. The first kappa shape index (κ1) is 13.7. The van der Waals surface area contributed by atoms with Gasteiger partial charge in [-0.1, -0.05) is 19.8 Å². The number of hydrogen-bond acceptors (Lipinski definition) is 4. The maximum Gasteiger partial charge on any atom is 0.328 e. The van der Waals surface area contributed by atoms with Crippen LogP contribution < -0.4 is 16.0 Å². The molecule has 1 unspecified atom stereocenters. The zero-order valence-corrected chi connectivity index (χ0v) is 11.0. The van der Waals surface area contributed by atoms with Crippen LogP contribution in [0.25, 0.3) is 0 Å². The Morgan fingerprint density at radius 2 is 1.84 bits per heavy atom. The van der Waals surface area contributed by atoms with Crippen molar-refractivity contribution in [3.8, 4) is 0 Å². The molecule has 1 atom stereocenters. The normalized spacial score (nSPS) is 27.8. The zero-order chi connectivity index (χ0) is 13.9. The molecular weight excluding hydrogens is 246 g/mol. The molecule has 2 heterocycles. The molecule has 0 saturated carbocycles. The van der Waals surface area contributed by atoms with Crippen LogP contribution in [0.1, 0.15) is 39.0 Å². The van der Waals surface area contributed by atoms with Crippen LogP contribution in [0.2, 0.25) is 0 Å². The zero-order valence-electron chi connectivity index (χ0n) is 11.0. The third-order valence-corrected chi connectivity index (χ3v) is 3.59. The highest BCUT2D eigenvalue weighted by Crippen LogP contribution is 2.27. The predicted octanol–water partition coefficient (Wildman–Crippen LogP) is 0.591. The lowest BCUT2D eigenvalue weighted by Crippen LogP contribution is -2.54. The van der Waals surface area contributed by atoms with Gasteiger partial charge in [0.05, 0.1) is 0 Å². The van der Waals surface area contributed by atoms with Gasteiger partial charge in [-0.05, 0) is 31.9 Å². The van der Waals surface area contributed by atoms with Gasteiger partial charge in [0, 0.05) is 5.54 Å². The molecule has 6 heteroatoms. The number of rotatable bonds is 3. The molecular formula is C13H19N3O3. The van der Waals surface area contributed by atoms with Crippen LogP contribution >= 0.6 is 0 Å². The summed E-state index contributed by atoms with van der Waals surface area (Å²) in [5.74, 6) is -1.23. The quantitative estimate of drug-likeness (QED) is 0.515. The number of carbonyl (C=O) groups excluding carboxylic acids is 3. The summed E-state index contributed by atoms with van der Waals surface area (Å²) in [5.41, 5.74) is -0.278. The maximum atomic E-state index is 11.7. The second-order valence-electron chi connectivity index (χ2n) is 5.09. The molecule has 2 rings (SSSR count).